The topological polar surface area (TPSA) is 80.4 Å². The molecule has 1 N–H and O–H groups in total. The molecule has 0 aliphatic heterocycles. The highest BCUT2D eigenvalue weighted by atomic mass is 19.2. The number of hydrogen-bond acceptors (Lipinski definition) is 3. The molecule has 0 radical (unpaired) electrons. The highest BCUT2D eigenvalue weighted by Gasteiger charge is 2.29. The number of nitro groups is 1. The second-order valence-corrected chi connectivity index (χ2v) is 2.44. The maximum Gasteiger partial charge on any atom is 0.343 e. The average Bonchev–Trinajstić information content (AvgIpc) is 2.10. The molecule has 8 heteroatoms. The van der Waals surface area contributed by atoms with Crippen molar-refractivity contribution < 1.29 is 28.0 Å². The van der Waals surface area contributed by atoms with Gasteiger partial charge in [-0.05, 0) is 6.07 Å². The van der Waals surface area contributed by atoms with Crippen LogP contribution in [-0.2, 0) is 0 Å². The predicted molar refractivity (Wildman–Crippen MR) is 39.9 cm³/mol. The number of carboxylic acid groups (broad SMARTS) is 1. The van der Waals surface area contributed by atoms with E-state index >= 15 is 0 Å². The molecule has 0 atom stereocenters. The summed E-state index contributed by atoms with van der Waals surface area (Å²) in [6, 6.07) is 0.0544. The van der Waals surface area contributed by atoms with Crippen molar-refractivity contribution in [1.82, 2.24) is 0 Å². The molecular formula is C7H2F3NO4. The Balaban J connectivity index is 3.58. The number of carbonyl (C=O) groups is 1. The Morgan fingerprint density at radius 3 is 2.27 bits per heavy atom. The lowest BCUT2D eigenvalue weighted by molar-refractivity contribution is -0.390. The summed E-state index contributed by atoms with van der Waals surface area (Å²) in [6.45, 7) is 0. The minimum absolute atomic E-state index is 0.0544. The lowest BCUT2D eigenvalue weighted by Gasteiger charge is -2.00. The van der Waals surface area contributed by atoms with E-state index in [2.05, 4.69) is 0 Å². The van der Waals surface area contributed by atoms with Gasteiger partial charge < -0.3 is 5.11 Å². The molecule has 0 amide bonds. The summed E-state index contributed by atoms with van der Waals surface area (Å²) < 4.78 is 38.4. The Kier molecular flexibility index (Phi) is 2.60. The van der Waals surface area contributed by atoms with E-state index in [0.29, 0.717) is 0 Å². The maximum absolute atomic E-state index is 12.8. The van der Waals surface area contributed by atoms with Crippen molar-refractivity contribution in [3.05, 3.63) is 39.2 Å². The number of carboxylic acids is 1. The van der Waals surface area contributed by atoms with E-state index in [9.17, 15) is 28.1 Å². The SMILES string of the molecule is O=C(O)c1cc(F)c([N+](=O)[O-])c(F)c1F. The number of benzene rings is 1. The third kappa shape index (κ3) is 1.73. The molecule has 5 nitrogen and oxygen atoms in total. The number of aromatic carboxylic acids is 1. The molecule has 0 unspecified atom stereocenters. The fraction of sp³-hybridized carbons (Fsp3) is 0. The van der Waals surface area contributed by atoms with E-state index in [1.165, 1.54) is 0 Å². The molecule has 0 bridgehead atoms. The first-order chi connectivity index (χ1) is 6.86. The normalized spacial score (nSPS) is 10.1. The van der Waals surface area contributed by atoms with Gasteiger partial charge in [0.1, 0.15) is 5.56 Å². The van der Waals surface area contributed by atoms with Crippen LogP contribution in [0.3, 0.4) is 0 Å². The van der Waals surface area contributed by atoms with Gasteiger partial charge in [0, 0.05) is 0 Å². The molecule has 0 heterocycles. The van der Waals surface area contributed by atoms with Gasteiger partial charge in [-0.15, -0.1) is 0 Å². The number of halogens is 3. The van der Waals surface area contributed by atoms with Crippen LogP contribution in [0.5, 0.6) is 0 Å². The van der Waals surface area contributed by atoms with Gasteiger partial charge >= 0.3 is 11.7 Å². The summed E-state index contributed by atoms with van der Waals surface area (Å²) in [6.07, 6.45) is 0. The monoisotopic (exact) mass is 221 g/mol. The van der Waals surface area contributed by atoms with Crippen molar-refractivity contribution in [3.8, 4) is 0 Å². The van der Waals surface area contributed by atoms with Crippen LogP contribution in [0, 0.1) is 27.6 Å². The molecule has 1 rings (SSSR count). The number of rotatable bonds is 2. The number of hydrogen-bond donors (Lipinski definition) is 1. The fourth-order valence-electron chi connectivity index (χ4n) is 0.908. The Morgan fingerprint density at radius 1 is 1.33 bits per heavy atom. The summed E-state index contributed by atoms with van der Waals surface area (Å²) in [4.78, 5) is 18.9. The molecule has 80 valence electrons. The zero-order chi connectivity index (χ0) is 11.7. The van der Waals surface area contributed by atoms with Gasteiger partial charge in [0.15, 0.2) is 5.82 Å². The van der Waals surface area contributed by atoms with Crippen LogP contribution in [0.25, 0.3) is 0 Å². The smallest absolute Gasteiger partial charge is 0.343 e. The van der Waals surface area contributed by atoms with Crippen molar-refractivity contribution >= 4 is 11.7 Å². The Hall–Kier alpha value is -2.12. The van der Waals surface area contributed by atoms with E-state index in [-0.39, 0.29) is 6.07 Å². The Bertz CT molecular complexity index is 460. The van der Waals surface area contributed by atoms with Gasteiger partial charge in [0.2, 0.25) is 11.6 Å². The lowest BCUT2D eigenvalue weighted by atomic mass is 10.1. The van der Waals surface area contributed by atoms with Crippen LogP contribution < -0.4 is 0 Å². The van der Waals surface area contributed by atoms with Crippen molar-refractivity contribution in [3.63, 3.8) is 0 Å². The van der Waals surface area contributed by atoms with Crippen LogP contribution in [0.15, 0.2) is 6.07 Å². The Morgan fingerprint density at radius 2 is 1.87 bits per heavy atom. The molecule has 0 spiro atoms. The van der Waals surface area contributed by atoms with Crippen LogP contribution >= 0.6 is 0 Å². The third-order valence-electron chi connectivity index (χ3n) is 1.55. The summed E-state index contributed by atoms with van der Waals surface area (Å²) in [5, 5.41) is 18.4. The quantitative estimate of drug-likeness (QED) is 0.468. The van der Waals surface area contributed by atoms with E-state index in [0.717, 1.165) is 0 Å². The van der Waals surface area contributed by atoms with Gasteiger partial charge in [-0.2, -0.15) is 8.78 Å². The molecule has 0 saturated carbocycles. The van der Waals surface area contributed by atoms with Gasteiger partial charge in [0.25, 0.3) is 0 Å². The van der Waals surface area contributed by atoms with Crippen molar-refractivity contribution in [2.45, 2.75) is 0 Å². The van der Waals surface area contributed by atoms with Crippen molar-refractivity contribution in [1.29, 1.82) is 0 Å². The van der Waals surface area contributed by atoms with Gasteiger partial charge in [0.05, 0.1) is 4.92 Å². The molecule has 15 heavy (non-hydrogen) atoms. The summed E-state index contributed by atoms with van der Waals surface area (Å²) in [5.41, 5.74) is -3.01. The first-order valence-corrected chi connectivity index (χ1v) is 3.41. The molecule has 0 aliphatic carbocycles. The summed E-state index contributed by atoms with van der Waals surface area (Å²) >= 11 is 0. The Labute approximate surface area is 79.9 Å². The number of nitrogens with zero attached hydrogens (tertiary/aromatic N) is 1. The molecule has 0 aromatic heterocycles. The third-order valence-corrected chi connectivity index (χ3v) is 1.55. The molecule has 1 aromatic carbocycles. The number of nitro benzene ring substituents is 1. The van der Waals surface area contributed by atoms with E-state index in [4.69, 9.17) is 5.11 Å². The summed E-state index contributed by atoms with van der Waals surface area (Å²) in [5.74, 6) is -7.75. The van der Waals surface area contributed by atoms with Crippen LogP contribution in [0.4, 0.5) is 18.9 Å². The lowest BCUT2D eigenvalue weighted by Crippen LogP contribution is -2.07. The molecule has 0 fully saturated rings. The average molecular weight is 221 g/mol. The van der Waals surface area contributed by atoms with E-state index in [1.54, 1.807) is 0 Å². The molecule has 0 aliphatic rings. The predicted octanol–water partition coefficient (Wildman–Crippen LogP) is 1.71. The standard InChI is InChI=1S/C7H2F3NO4/c8-3-1-2(7(12)13)4(9)5(10)6(3)11(14)15/h1H,(H,12,13). The first kappa shape index (κ1) is 11.0. The molecule has 0 saturated heterocycles. The van der Waals surface area contributed by atoms with Gasteiger partial charge in [-0.25, -0.2) is 9.18 Å². The fourth-order valence-corrected chi connectivity index (χ4v) is 0.908. The van der Waals surface area contributed by atoms with E-state index in [1.807, 2.05) is 0 Å². The summed E-state index contributed by atoms with van der Waals surface area (Å²) in [7, 11) is 0. The van der Waals surface area contributed by atoms with Gasteiger partial charge in [-0.3, -0.25) is 10.1 Å². The van der Waals surface area contributed by atoms with E-state index < -0.39 is 39.6 Å². The zero-order valence-corrected chi connectivity index (χ0v) is 6.83. The highest BCUT2D eigenvalue weighted by Crippen LogP contribution is 2.26. The van der Waals surface area contributed by atoms with Crippen LogP contribution in [-0.4, -0.2) is 16.0 Å². The first-order valence-electron chi connectivity index (χ1n) is 3.41. The second kappa shape index (κ2) is 3.56. The largest absolute Gasteiger partial charge is 0.478 e. The van der Waals surface area contributed by atoms with Crippen LogP contribution in [0.2, 0.25) is 0 Å². The van der Waals surface area contributed by atoms with Crippen LogP contribution in [0.1, 0.15) is 10.4 Å². The van der Waals surface area contributed by atoms with Crippen molar-refractivity contribution in [2.24, 2.45) is 0 Å². The van der Waals surface area contributed by atoms with Gasteiger partial charge in [-0.1, -0.05) is 0 Å². The van der Waals surface area contributed by atoms with Crippen molar-refractivity contribution in [2.75, 3.05) is 0 Å². The molecule has 1 aromatic rings. The highest BCUT2D eigenvalue weighted by molar-refractivity contribution is 5.88. The second-order valence-electron chi connectivity index (χ2n) is 2.44. The minimum Gasteiger partial charge on any atom is -0.478 e. The molecular weight excluding hydrogens is 219 g/mol. The maximum atomic E-state index is 12.8. The minimum atomic E-state index is -2.13. The zero-order valence-electron chi connectivity index (χ0n) is 6.83.